The molecular weight excluding hydrogens is 250 g/mol. The molecule has 4 heteroatoms. The summed E-state index contributed by atoms with van der Waals surface area (Å²) in [6.07, 6.45) is 0.406. The molecular formula is C14H20ClNO2. The minimum atomic E-state index is -0.922. The Morgan fingerprint density at radius 3 is 2.33 bits per heavy atom. The molecule has 0 heterocycles. The molecule has 0 radical (unpaired) electrons. The van der Waals surface area contributed by atoms with Gasteiger partial charge in [-0.1, -0.05) is 43.6 Å². The van der Waals surface area contributed by atoms with Crippen molar-refractivity contribution in [2.75, 3.05) is 13.1 Å². The maximum atomic E-state index is 11.6. The molecule has 0 aliphatic carbocycles. The van der Waals surface area contributed by atoms with Gasteiger partial charge in [-0.3, -0.25) is 9.69 Å². The van der Waals surface area contributed by atoms with Crippen LogP contribution >= 0.6 is 11.6 Å². The molecule has 0 spiro atoms. The van der Waals surface area contributed by atoms with Crippen molar-refractivity contribution < 1.29 is 9.90 Å². The molecule has 1 aromatic rings. The first-order valence-electron chi connectivity index (χ1n) is 6.17. The average molecular weight is 270 g/mol. The maximum absolute atomic E-state index is 11.6. The Kier molecular flexibility index (Phi) is 5.17. The van der Waals surface area contributed by atoms with Crippen molar-refractivity contribution in [1.82, 2.24) is 4.90 Å². The van der Waals surface area contributed by atoms with Crippen LogP contribution in [0.15, 0.2) is 24.3 Å². The second kappa shape index (κ2) is 6.21. The minimum Gasteiger partial charge on any atom is -0.480 e. The number of hydrogen-bond donors (Lipinski definition) is 1. The second-order valence-corrected chi connectivity index (χ2v) is 4.93. The van der Waals surface area contributed by atoms with Crippen molar-refractivity contribution in [2.24, 2.45) is 0 Å². The molecule has 0 aliphatic rings. The third-order valence-electron chi connectivity index (χ3n) is 3.41. The number of carboxylic acids is 1. The van der Waals surface area contributed by atoms with E-state index in [0.29, 0.717) is 24.5 Å². The zero-order valence-electron chi connectivity index (χ0n) is 11.1. The van der Waals surface area contributed by atoms with Gasteiger partial charge in [0.1, 0.15) is 5.54 Å². The van der Waals surface area contributed by atoms with Gasteiger partial charge in [-0.15, -0.1) is 0 Å². The lowest BCUT2D eigenvalue weighted by atomic mass is 9.90. The SMILES string of the molecule is CCN(CC)C(C)(Cc1ccccc1Cl)C(=O)O. The van der Waals surface area contributed by atoms with Crippen molar-refractivity contribution >= 4 is 17.6 Å². The summed E-state index contributed by atoms with van der Waals surface area (Å²) in [6, 6.07) is 7.40. The van der Waals surface area contributed by atoms with E-state index < -0.39 is 11.5 Å². The first-order valence-corrected chi connectivity index (χ1v) is 6.55. The van der Waals surface area contributed by atoms with Gasteiger partial charge in [-0.25, -0.2) is 0 Å². The lowest BCUT2D eigenvalue weighted by molar-refractivity contribution is -0.150. The van der Waals surface area contributed by atoms with Crippen LogP contribution in [0.1, 0.15) is 26.3 Å². The highest BCUT2D eigenvalue weighted by Gasteiger charge is 2.38. The fourth-order valence-electron chi connectivity index (χ4n) is 2.26. The van der Waals surface area contributed by atoms with E-state index in [9.17, 15) is 9.90 Å². The highest BCUT2D eigenvalue weighted by atomic mass is 35.5. The summed E-state index contributed by atoms with van der Waals surface area (Å²) in [5.41, 5.74) is -0.0509. The molecule has 18 heavy (non-hydrogen) atoms. The number of aliphatic carboxylic acids is 1. The molecule has 1 unspecified atom stereocenters. The summed E-state index contributed by atoms with van der Waals surface area (Å²) in [5.74, 6) is -0.814. The molecule has 0 aliphatic heterocycles. The summed E-state index contributed by atoms with van der Waals surface area (Å²) in [4.78, 5) is 13.6. The van der Waals surface area contributed by atoms with Gasteiger partial charge in [0, 0.05) is 11.4 Å². The zero-order valence-corrected chi connectivity index (χ0v) is 11.9. The summed E-state index contributed by atoms with van der Waals surface area (Å²) >= 11 is 6.11. The Morgan fingerprint density at radius 1 is 1.33 bits per heavy atom. The fraction of sp³-hybridized carbons (Fsp3) is 0.500. The van der Waals surface area contributed by atoms with Crippen LogP contribution in [0.3, 0.4) is 0 Å². The van der Waals surface area contributed by atoms with Gasteiger partial charge in [0.05, 0.1) is 0 Å². The molecule has 0 fully saturated rings. The van der Waals surface area contributed by atoms with E-state index in [2.05, 4.69) is 0 Å². The number of benzene rings is 1. The summed E-state index contributed by atoms with van der Waals surface area (Å²) in [5, 5.41) is 10.2. The number of carboxylic acid groups (broad SMARTS) is 1. The number of halogens is 1. The normalized spacial score (nSPS) is 14.5. The van der Waals surface area contributed by atoms with Crippen LogP contribution in [0.25, 0.3) is 0 Å². The van der Waals surface area contributed by atoms with Crippen LogP contribution in [0.4, 0.5) is 0 Å². The van der Waals surface area contributed by atoms with Gasteiger partial charge in [0.2, 0.25) is 0 Å². The quantitative estimate of drug-likeness (QED) is 0.863. The molecule has 0 saturated carbocycles. The van der Waals surface area contributed by atoms with Crippen LogP contribution in [-0.2, 0) is 11.2 Å². The van der Waals surface area contributed by atoms with Gasteiger partial charge < -0.3 is 5.11 Å². The summed E-state index contributed by atoms with van der Waals surface area (Å²) < 4.78 is 0. The Labute approximate surface area is 113 Å². The number of nitrogens with zero attached hydrogens (tertiary/aromatic N) is 1. The summed E-state index contributed by atoms with van der Waals surface area (Å²) in [7, 11) is 0. The van der Waals surface area contributed by atoms with Crippen molar-refractivity contribution in [2.45, 2.75) is 32.7 Å². The monoisotopic (exact) mass is 269 g/mol. The van der Waals surface area contributed by atoms with E-state index in [4.69, 9.17) is 11.6 Å². The molecule has 0 bridgehead atoms. The van der Waals surface area contributed by atoms with Gasteiger partial charge in [-0.05, 0) is 31.6 Å². The molecule has 1 atom stereocenters. The lowest BCUT2D eigenvalue weighted by Gasteiger charge is -2.36. The standard InChI is InChI=1S/C14H20ClNO2/c1-4-16(5-2)14(3,13(17)18)10-11-8-6-7-9-12(11)15/h6-9H,4-5,10H2,1-3H3,(H,17,18). The van der Waals surface area contributed by atoms with Crippen molar-refractivity contribution in [3.8, 4) is 0 Å². The van der Waals surface area contributed by atoms with Crippen LogP contribution in [0, 0.1) is 0 Å². The first kappa shape index (κ1) is 15.0. The number of rotatable bonds is 6. The molecule has 1 N–H and O–H groups in total. The molecule has 1 aromatic carbocycles. The zero-order chi connectivity index (χ0) is 13.8. The summed E-state index contributed by atoms with van der Waals surface area (Å²) in [6.45, 7) is 7.09. The third-order valence-corrected chi connectivity index (χ3v) is 3.78. The molecule has 0 saturated heterocycles. The lowest BCUT2D eigenvalue weighted by Crippen LogP contribution is -2.53. The Morgan fingerprint density at radius 2 is 1.89 bits per heavy atom. The van der Waals surface area contributed by atoms with Gasteiger partial charge in [-0.2, -0.15) is 0 Å². The van der Waals surface area contributed by atoms with E-state index in [-0.39, 0.29) is 0 Å². The second-order valence-electron chi connectivity index (χ2n) is 4.52. The molecule has 1 rings (SSSR count). The highest BCUT2D eigenvalue weighted by molar-refractivity contribution is 6.31. The first-order chi connectivity index (χ1) is 8.45. The molecule has 100 valence electrons. The average Bonchev–Trinajstić information content (AvgIpc) is 2.33. The van der Waals surface area contributed by atoms with Crippen LogP contribution in [0.2, 0.25) is 5.02 Å². The van der Waals surface area contributed by atoms with E-state index in [1.165, 1.54) is 0 Å². The number of carbonyl (C=O) groups is 1. The van der Waals surface area contributed by atoms with Gasteiger partial charge in [0.15, 0.2) is 0 Å². The number of likely N-dealkylation sites (N-methyl/N-ethyl adjacent to an activating group) is 1. The molecule has 3 nitrogen and oxygen atoms in total. The van der Waals surface area contributed by atoms with E-state index in [0.717, 1.165) is 5.56 Å². The van der Waals surface area contributed by atoms with Crippen molar-refractivity contribution in [1.29, 1.82) is 0 Å². The van der Waals surface area contributed by atoms with Crippen molar-refractivity contribution in [3.05, 3.63) is 34.9 Å². The number of hydrogen-bond acceptors (Lipinski definition) is 2. The minimum absolute atomic E-state index is 0.406. The van der Waals surface area contributed by atoms with E-state index >= 15 is 0 Å². The maximum Gasteiger partial charge on any atom is 0.324 e. The van der Waals surface area contributed by atoms with Crippen LogP contribution in [-0.4, -0.2) is 34.6 Å². The Balaban J connectivity index is 3.07. The Bertz CT molecular complexity index is 418. The highest BCUT2D eigenvalue weighted by Crippen LogP contribution is 2.25. The van der Waals surface area contributed by atoms with Crippen LogP contribution in [0.5, 0.6) is 0 Å². The predicted octanol–water partition coefficient (Wildman–Crippen LogP) is 3.07. The fourth-order valence-corrected chi connectivity index (χ4v) is 2.46. The largest absolute Gasteiger partial charge is 0.480 e. The van der Waals surface area contributed by atoms with Crippen molar-refractivity contribution in [3.63, 3.8) is 0 Å². The molecule has 0 aromatic heterocycles. The van der Waals surface area contributed by atoms with Crippen LogP contribution < -0.4 is 0 Å². The Hall–Kier alpha value is -1.06. The topological polar surface area (TPSA) is 40.5 Å². The van der Waals surface area contributed by atoms with Gasteiger partial charge in [0.25, 0.3) is 0 Å². The van der Waals surface area contributed by atoms with Gasteiger partial charge >= 0.3 is 5.97 Å². The van der Waals surface area contributed by atoms with E-state index in [1.807, 2.05) is 36.9 Å². The smallest absolute Gasteiger partial charge is 0.324 e. The molecule has 0 amide bonds. The third kappa shape index (κ3) is 3.03. The van der Waals surface area contributed by atoms with E-state index in [1.54, 1.807) is 13.0 Å². The predicted molar refractivity (Wildman–Crippen MR) is 74.1 cm³/mol.